The Hall–Kier alpha value is -3.00. The van der Waals surface area contributed by atoms with Crippen LogP contribution < -0.4 is 0 Å². The first-order valence-corrected chi connectivity index (χ1v) is 9.80. The molecule has 0 aliphatic carbocycles. The van der Waals surface area contributed by atoms with Crippen molar-refractivity contribution >= 4 is 22.2 Å². The van der Waals surface area contributed by atoms with Crippen molar-refractivity contribution in [2.24, 2.45) is 0 Å². The molecule has 0 fully saturated rings. The number of imidazole rings is 1. The molecule has 0 bridgehead atoms. The predicted octanol–water partition coefficient (Wildman–Crippen LogP) is 3.79. The first-order chi connectivity index (χ1) is 13.4. The molecule has 0 atom stereocenters. The van der Waals surface area contributed by atoms with Gasteiger partial charge in [0.05, 0.1) is 17.9 Å². The number of amides is 1. The number of carbonyl (C=O) groups is 1. The largest absolute Gasteiger partial charge is 0.339 e. The van der Waals surface area contributed by atoms with Crippen LogP contribution in [0.4, 0.5) is 4.39 Å². The van der Waals surface area contributed by atoms with Gasteiger partial charge in [-0.25, -0.2) is 9.37 Å². The van der Waals surface area contributed by atoms with E-state index in [1.54, 1.807) is 46.1 Å². The number of aromatic nitrogens is 4. The number of aryl methyl sites for hydroxylation is 2. The minimum atomic E-state index is -0.330. The molecule has 4 aromatic rings. The molecule has 0 saturated carbocycles. The Morgan fingerprint density at radius 2 is 2.07 bits per heavy atom. The molecule has 6 nitrogen and oxygen atoms in total. The van der Waals surface area contributed by atoms with E-state index in [4.69, 9.17) is 0 Å². The van der Waals surface area contributed by atoms with E-state index in [2.05, 4.69) is 10.1 Å². The number of halogens is 1. The summed E-state index contributed by atoms with van der Waals surface area (Å²) in [6, 6.07) is 8.51. The topological polar surface area (TPSA) is 55.4 Å². The molecule has 0 saturated heterocycles. The second-order valence-corrected chi connectivity index (χ2v) is 7.59. The molecule has 1 amide bonds. The molecule has 3 aromatic heterocycles. The van der Waals surface area contributed by atoms with Crippen LogP contribution in [0.5, 0.6) is 0 Å². The lowest BCUT2D eigenvalue weighted by Gasteiger charge is -2.17. The summed E-state index contributed by atoms with van der Waals surface area (Å²) in [6.45, 7) is 5.11. The maximum absolute atomic E-state index is 14.1. The first-order valence-electron chi connectivity index (χ1n) is 8.92. The lowest BCUT2D eigenvalue weighted by Crippen LogP contribution is -2.31. The summed E-state index contributed by atoms with van der Waals surface area (Å²) in [5.74, 6) is -0.437. The van der Waals surface area contributed by atoms with Crippen LogP contribution in [-0.2, 0) is 6.54 Å². The fourth-order valence-electron chi connectivity index (χ4n) is 3.18. The third-order valence-corrected chi connectivity index (χ3v) is 5.52. The van der Waals surface area contributed by atoms with Gasteiger partial charge in [-0.2, -0.15) is 5.10 Å². The Bertz CT molecular complexity index is 1160. The highest BCUT2D eigenvalue weighted by molar-refractivity contribution is 7.15. The summed E-state index contributed by atoms with van der Waals surface area (Å²) in [6.07, 6.45) is 1.71. The molecule has 0 aliphatic heterocycles. The van der Waals surface area contributed by atoms with Crippen LogP contribution in [0.15, 0.2) is 41.9 Å². The number of rotatable bonds is 5. The molecule has 1 aromatic carbocycles. The first kappa shape index (κ1) is 18.4. The van der Waals surface area contributed by atoms with Crippen LogP contribution in [0.25, 0.3) is 16.2 Å². The number of hydrogen-bond acceptors (Lipinski definition) is 4. The van der Waals surface area contributed by atoms with Crippen LogP contribution in [0.1, 0.15) is 21.9 Å². The second kappa shape index (κ2) is 7.20. The van der Waals surface area contributed by atoms with E-state index >= 15 is 0 Å². The van der Waals surface area contributed by atoms with Gasteiger partial charge < -0.3 is 4.90 Å². The molecule has 4 rings (SSSR count). The van der Waals surface area contributed by atoms with Gasteiger partial charge in [0.15, 0.2) is 4.96 Å². The maximum atomic E-state index is 14.1. The molecule has 28 heavy (non-hydrogen) atoms. The van der Waals surface area contributed by atoms with Gasteiger partial charge in [-0.15, -0.1) is 11.3 Å². The zero-order valence-electron chi connectivity index (χ0n) is 15.9. The highest BCUT2D eigenvalue weighted by Gasteiger charge is 2.19. The van der Waals surface area contributed by atoms with Gasteiger partial charge in [0.2, 0.25) is 0 Å². The van der Waals surface area contributed by atoms with Crippen molar-refractivity contribution < 1.29 is 9.18 Å². The lowest BCUT2D eigenvalue weighted by molar-refractivity contribution is 0.0782. The fraction of sp³-hybridized carbons (Fsp3) is 0.250. The van der Waals surface area contributed by atoms with Gasteiger partial charge in [-0.05, 0) is 32.0 Å². The smallest absolute Gasteiger partial charge is 0.271 e. The summed E-state index contributed by atoms with van der Waals surface area (Å²) >= 11 is 1.37. The number of fused-ring (bicyclic) bond motifs is 1. The molecule has 0 radical (unpaired) electrons. The van der Waals surface area contributed by atoms with E-state index in [1.807, 2.05) is 24.6 Å². The van der Waals surface area contributed by atoms with Gasteiger partial charge in [-0.3, -0.25) is 13.9 Å². The van der Waals surface area contributed by atoms with E-state index in [0.29, 0.717) is 35.0 Å². The van der Waals surface area contributed by atoms with Crippen molar-refractivity contribution in [3.05, 3.63) is 64.8 Å². The van der Waals surface area contributed by atoms with Crippen molar-refractivity contribution in [3.8, 4) is 11.3 Å². The number of thiazole rings is 1. The summed E-state index contributed by atoms with van der Waals surface area (Å²) in [4.78, 5) is 19.7. The average molecular weight is 397 g/mol. The molecule has 144 valence electrons. The van der Waals surface area contributed by atoms with E-state index in [0.717, 1.165) is 11.4 Å². The van der Waals surface area contributed by atoms with Crippen LogP contribution in [0.2, 0.25) is 0 Å². The monoisotopic (exact) mass is 397 g/mol. The molecule has 0 unspecified atom stereocenters. The molecule has 3 heterocycles. The zero-order chi connectivity index (χ0) is 19.8. The standard InChI is InChI=1S/C20H20FN5OS/c1-13-10-14(2)26(23-13)9-8-24(3)19(27)18-12-28-20-22-17(11-25(18)20)15-6-4-5-7-16(15)21/h4-7,10-12H,8-9H2,1-3H3. The highest BCUT2D eigenvalue weighted by Crippen LogP contribution is 2.26. The fourth-order valence-corrected chi connectivity index (χ4v) is 4.03. The van der Waals surface area contributed by atoms with Gasteiger partial charge in [0.25, 0.3) is 5.91 Å². The van der Waals surface area contributed by atoms with Crippen LogP contribution in [-0.4, -0.2) is 43.6 Å². The summed E-state index contributed by atoms with van der Waals surface area (Å²) in [5, 5.41) is 6.22. The number of carbonyl (C=O) groups excluding carboxylic acids is 1. The van der Waals surface area contributed by atoms with Crippen molar-refractivity contribution in [2.75, 3.05) is 13.6 Å². The Morgan fingerprint density at radius 1 is 1.29 bits per heavy atom. The molecular weight excluding hydrogens is 377 g/mol. The van der Waals surface area contributed by atoms with Crippen LogP contribution in [0, 0.1) is 19.7 Å². The Balaban J connectivity index is 1.55. The highest BCUT2D eigenvalue weighted by atomic mass is 32.1. The Labute approximate surface area is 165 Å². The van der Waals surface area contributed by atoms with Crippen molar-refractivity contribution in [2.45, 2.75) is 20.4 Å². The second-order valence-electron chi connectivity index (χ2n) is 6.76. The van der Waals surface area contributed by atoms with Crippen LogP contribution >= 0.6 is 11.3 Å². The predicted molar refractivity (Wildman–Crippen MR) is 107 cm³/mol. The summed E-state index contributed by atoms with van der Waals surface area (Å²) in [7, 11) is 1.77. The summed E-state index contributed by atoms with van der Waals surface area (Å²) in [5.41, 5.74) is 3.50. The van der Waals surface area contributed by atoms with E-state index in [1.165, 1.54) is 17.4 Å². The molecule has 0 N–H and O–H groups in total. The molecule has 8 heteroatoms. The zero-order valence-corrected chi connectivity index (χ0v) is 16.7. The number of likely N-dealkylation sites (N-methyl/N-ethyl adjacent to an activating group) is 1. The number of hydrogen-bond donors (Lipinski definition) is 0. The molecule has 0 spiro atoms. The Morgan fingerprint density at radius 3 is 2.79 bits per heavy atom. The quantitative estimate of drug-likeness (QED) is 0.515. The SMILES string of the molecule is Cc1cc(C)n(CCN(C)C(=O)c2csc3nc(-c4ccccc4F)cn23)n1. The van der Waals surface area contributed by atoms with E-state index < -0.39 is 0 Å². The minimum absolute atomic E-state index is 0.106. The number of nitrogens with zero attached hydrogens (tertiary/aromatic N) is 5. The normalized spacial score (nSPS) is 11.3. The Kier molecular flexibility index (Phi) is 4.72. The third kappa shape index (κ3) is 3.31. The number of benzene rings is 1. The van der Waals surface area contributed by atoms with Gasteiger partial charge in [0, 0.05) is 36.4 Å². The third-order valence-electron chi connectivity index (χ3n) is 4.68. The van der Waals surface area contributed by atoms with Gasteiger partial charge in [-0.1, -0.05) is 12.1 Å². The van der Waals surface area contributed by atoms with Crippen LogP contribution in [0.3, 0.4) is 0 Å². The van der Waals surface area contributed by atoms with Gasteiger partial charge in [0.1, 0.15) is 11.5 Å². The van der Waals surface area contributed by atoms with E-state index in [9.17, 15) is 9.18 Å². The minimum Gasteiger partial charge on any atom is -0.339 e. The van der Waals surface area contributed by atoms with Gasteiger partial charge >= 0.3 is 0 Å². The van der Waals surface area contributed by atoms with E-state index in [-0.39, 0.29) is 11.7 Å². The average Bonchev–Trinajstić information content (AvgIpc) is 3.33. The summed E-state index contributed by atoms with van der Waals surface area (Å²) < 4.78 is 17.7. The maximum Gasteiger partial charge on any atom is 0.271 e. The molecular formula is C20H20FN5OS. The van der Waals surface area contributed by atoms with Crippen molar-refractivity contribution in [3.63, 3.8) is 0 Å². The lowest BCUT2D eigenvalue weighted by atomic mass is 10.1. The van der Waals surface area contributed by atoms with Crippen molar-refractivity contribution in [1.29, 1.82) is 0 Å². The molecule has 0 aliphatic rings. The van der Waals surface area contributed by atoms with Crippen molar-refractivity contribution in [1.82, 2.24) is 24.1 Å².